The summed E-state index contributed by atoms with van der Waals surface area (Å²) in [7, 11) is 0. The Hall–Kier alpha value is -1.58. The van der Waals surface area contributed by atoms with E-state index in [0.29, 0.717) is 0 Å². The molecule has 0 aliphatic carbocycles. The van der Waals surface area contributed by atoms with Gasteiger partial charge in [0.2, 0.25) is 0 Å². The minimum atomic E-state index is -2.17. The maximum atomic E-state index is 11.6. The number of carboxylic acid groups (broad SMARTS) is 2. The van der Waals surface area contributed by atoms with Crippen molar-refractivity contribution in [1.82, 2.24) is 0 Å². The van der Waals surface area contributed by atoms with E-state index in [4.69, 9.17) is 28.8 Å². The summed E-state index contributed by atoms with van der Waals surface area (Å²) in [5.74, 6) is -3.52. The number of aliphatic hydroxyl groups is 8. The Kier molecular flexibility index (Phi) is 8.65. The highest BCUT2D eigenvalue weighted by molar-refractivity contribution is 5.74. The molecule has 17 heteroatoms. The standard InChI is InChI=1S/C18H28O17/c1-2-3(19)5(21)13(16(30)31-2)35-18-9(25)10(8(24)12(34-18)15(28)29)32-17-7(23)4(20)6(22)11(33-17)14(26)27/h2-13,16-25,30H,1H3,(H,26,27)(H,28,29)/t2-,3+,4-,5+,6+,7-,8-,9-,10-,11+,12+,13-,16-,17-,18+/m1/s1. The molecule has 15 atom stereocenters. The summed E-state index contributed by atoms with van der Waals surface area (Å²) in [5, 5.41) is 99.7. The normalized spacial score (nSPS) is 51.1. The van der Waals surface area contributed by atoms with Crippen molar-refractivity contribution in [2.75, 3.05) is 0 Å². The van der Waals surface area contributed by atoms with Crippen LogP contribution < -0.4 is 0 Å². The summed E-state index contributed by atoms with van der Waals surface area (Å²) in [6.45, 7) is 1.34. The summed E-state index contributed by atoms with van der Waals surface area (Å²) in [4.78, 5) is 22.9. The molecule has 0 aromatic carbocycles. The van der Waals surface area contributed by atoms with Crippen LogP contribution in [0.25, 0.3) is 0 Å². The fraction of sp³-hybridized carbons (Fsp3) is 0.889. The first-order valence-corrected chi connectivity index (χ1v) is 10.4. The molecule has 0 radical (unpaired) electrons. The number of ether oxygens (including phenoxy) is 5. The number of carbonyl (C=O) groups is 2. The fourth-order valence-electron chi connectivity index (χ4n) is 3.95. The number of carboxylic acids is 2. The van der Waals surface area contributed by atoms with Crippen molar-refractivity contribution in [2.24, 2.45) is 0 Å². The van der Waals surface area contributed by atoms with Crippen LogP contribution in [0.2, 0.25) is 0 Å². The average molecular weight is 516 g/mol. The quantitative estimate of drug-likeness (QED) is 0.157. The van der Waals surface area contributed by atoms with E-state index < -0.39 is 104 Å². The summed E-state index contributed by atoms with van der Waals surface area (Å²) in [6.07, 6.45) is -29.0. The minimum absolute atomic E-state index is 1.02. The zero-order chi connectivity index (χ0) is 26.4. The van der Waals surface area contributed by atoms with E-state index in [-0.39, 0.29) is 0 Å². The average Bonchev–Trinajstić information content (AvgIpc) is 2.78. The molecule has 3 heterocycles. The number of hydrogen-bond acceptors (Lipinski definition) is 15. The van der Waals surface area contributed by atoms with E-state index in [1.807, 2.05) is 0 Å². The van der Waals surface area contributed by atoms with Gasteiger partial charge in [0, 0.05) is 0 Å². The van der Waals surface area contributed by atoms with E-state index in [2.05, 4.69) is 0 Å². The van der Waals surface area contributed by atoms with Gasteiger partial charge in [-0.3, -0.25) is 0 Å². The molecule has 0 unspecified atom stereocenters. The fourth-order valence-corrected chi connectivity index (χ4v) is 3.95. The van der Waals surface area contributed by atoms with Crippen LogP contribution >= 0.6 is 0 Å². The summed E-state index contributed by atoms with van der Waals surface area (Å²) < 4.78 is 25.4. The lowest BCUT2D eigenvalue weighted by Gasteiger charge is -2.46. The molecule has 3 rings (SSSR count). The third-order valence-electron chi connectivity index (χ3n) is 5.98. The van der Waals surface area contributed by atoms with Gasteiger partial charge < -0.3 is 74.7 Å². The van der Waals surface area contributed by atoms with Crippen LogP contribution in [-0.2, 0) is 33.3 Å². The van der Waals surface area contributed by atoms with Crippen molar-refractivity contribution in [3.05, 3.63) is 0 Å². The summed E-state index contributed by atoms with van der Waals surface area (Å²) in [5.41, 5.74) is 0. The van der Waals surface area contributed by atoms with Gasteiger partial charge in [-0.25, -0.2) is 9.59 Å². The molecule has 0 saturated carbocycles. The Balaban J connectivity index is 1.82. The van der Waals surface area contributed by atoms with Gasteiger partial charge in [0.1, 0.15) is 54.9 Å². The largest absolute Gasteiger partial charge is 0.479 e. The third kappa shape index (κ3) is 5.42. The van der Waals surface area contributed by atoms with Gasteiger partial charge in [0.15, 0.2) is 31.1 Å². The smallest absolute Gasteiger partial charge is 0.335 e. The highest BCUT2D eigenvalue weighted by atomic mass is 16.8. The highest BCUT2D eigenvalue weighted by Crippen LogP contribution is 2.32. The number of aliphatic carboxylic acids is 2. The lowest BCUT2D eigenvalue weighted by molar-refractivity contribution is -0.375. The van der Waals surface area contributed by atoms with Crippen LogP contribution in [0.3, 0.4) is 0 Å². The van der Waals surface area contributed by atoms with Gasteiger partial charge in [0.05, 0.1) is 6.10 Å². The van der Waals surface area contributed by atoms with Gasteiger partial charge in [-0.15, -0.1) is 0 Å². The number of rotatable bonds is 6. The monoisotopic (exact) mass is 516 g/mol. The van der Waals surface area contributed by atoms with Crippen molar-refractivity contribution in [2.45, 2.75) is 99.0 Å². The van der Waals surface area contributed by atoms with E-state index in [1.54, 1.807) is 0 Å². The van der Waals surface area contributed by atoms with Crippen LogP contribution in [0, 0.1) is 0 Å². The van der Waals surface area contributed by atoms with E-state index in [9.17, 15) is 55.5 Å². The lowest BCUT2D eigenvalue weighted by atomic mass is 9.96. The number of hydrogen-bond donors (Lipinski definition) is 10. The van der Waals surface area contributed by atoms with Crippen LogP contribution in [0.5, 0.6) is 0 Å². The molecule has 0 bridgehead atoms. The Morgan fingerprint density at radius 1 is 0.571 bits per heavy atom. The van der Waals surface area contributed by atoms with E-state index in [0.717, 1.165) is 0 Å². The van der Waals surface area contributed by atoms with Gasteiger partial charge >= 0.3 is 11.9 Å². The Morgan fingerprint density at radius 2 is 1.06 bits per heavy atom. The van der Waals surface area contributed by atoms with Gasteiger partial charge in [-0.1, -0.05) is 0 Å². The molecule has 3 saturated heterocycles. The zero-order valence-corrected chi connectivity index (χ0v) is 18.0. The molecule has 35 heavy (non-hydrogen) atoms. The van der Waals surface area contributed by atoms with E-state index in [1.165, 1.54) is 6.92 Å². The first kappa shape index (κ1) is 28.0. The molecule has 0 amide bonds. The first-order chi connectivity index (χ1) is 16.3. The first-order valence-electron chi connectivity index (χ1n) is 10.4. The number of aliphatic hydroxyl groups excluding tert-OH is 8. The highest BCUT2D eigenvalue weighted by Gasteiger charge is 2.55. The minimum Gasteiger partial charge on any atom is -0.479 e. The topological polar surface area (TPSA) is 283 Å². The molecule has 0 spiro atoms. The van der Waals surface area contributed by atoms with Crippen molar-refractivity contribution < 1.29 is 84.3 Å². The second-order valence-corrected chi connectivity index (χ2v) is 8.39. The van der Waals surface area contributed by atoms with Crippen molar-refractivity contribution in [3.8, 4) is 0 Å². The molecule has 3 aliphatic heterocycles. The van der Waals surface area contributed by atoms with Crippen LogP contribution in [0.15, 0.2) is 0 Å². The maximum absolute atomic E-state index is 11.6. The maximum Gasteiger partial charge on any atom is 0.335 e. The molecule has 17 nitrogen and oxygen atoms in total. The van der Waals surface area contributed by atoms with Gasteiger partial charge in [-0.2, -0.15) is 0 Å². The molecule has 0 aromatic rings. The van der Waals surface area contributed by atoms with Crippen molar-refractivity contribution in [1.29, 1.82) is 0 Å². The second kappa shape index (κ2) is 10.8. The summed E-state index contributed by atoms with van der Waals surface area (Å²) >= 11 is 0. The van der Waals surface area contributed by atoms with Crippen molar-refractivity contribution in [3.63, 3.8) is 0 Å². The Bertz CT molecular complexity index is 765. The van der Waals surface area contributed by atoms with Gasteiger partial charge in [0.25, 0.3) is 0 Å². The SMILES string of the molecule is C[C@H]1O[C@@H](O)[C@H](O[C@@H]2O[C@H](C(=O)O)[C@H](O)[C@@H](O[C@@H]3O[C@H](C(=O)O)[C@@H](O)[C@@H](O)[C@H]3O)[C@H]2O)[C@@H](O)[C@H]1O. The predicted molar refractivity (Wildman–Crippen MR) is 101 cm³/mol. The predicted octanol–water partition coefficient (Wildman–Crippen LogP) is -6.36. The van der Waals surface area contributed by atoms with Crippen LogP contribution in [0.4, 0.5) is 0 Å². The van der Waals surface area contributed by atoms with Gasteiger partial charge in [-0.05, 0) is 6.92 Å². The molecule has 0 aromatic heterocycles. The second-order valence-electron chi connectivity index (χ2n) is 8.39. The molecule has 3 aliphatic rings. The molecule has 10 N–H and O–H groups in total. The molecule has 202 valence electrons. The Labute approximate surface area is 196 Å². The third-order valence-corrected chi connectivity index (χ3v) is 5.98. The Morgan fingerprint density at radius 3 is 1.60 bits per heavy atom. The summed E-state index contributed by atoms with van der Waals surface area (Å²) in [6, 6.07) is 0. The molecule has 3 fully saturated rings. The zero-order valence-electron chi connectivity index (χ0n) is 18.0. The van der Waals surface area contributed by atoms with Crippen molar-refractivity contribution >= 4 is 11.9 Å². The van der Waals surface area contributed by atoms with Crippen LogP contribution in [0.1, 0.15) is 6.92 Å². The molecular formula is C18H28O17. The molecular weight excluding hydrogens is 488 g/mol. The lowest BCUT2D eigenvalue weighted by Crippen LogP contribution is -2.67. The van der Waals surface area contributed by atoms with Crippen LogP contribution in [-0.4, -0.2) is 155 Å². The van der Waals surface area contributed by atoms with E-state index >= 15 is 0 Å².